The molecule has 2 atom stereocenters. The van der Waals surface area contributed by atoms with Crippen molar-refractivity contribution in [1.29, 1.82) is 0 Å². The summed E-state index contributed by atoms with van der Waals surface area (Å²) in [5.74, 6) is 0. The first-order valence-corrected chi connectivity index (χ1v) is 12.0. The van der Waals surface area contributed by atoms with Crippen molar-refractivity contribution in [3.8, 4) is 0 Å². The molecule has 6 N–H and O–H groups in total. The minimum Gasteiger partial charge on any atom is -0.394 e. The zero-order chi connectivity index (χ0) is 21.5. The highest BCUT2D eigenvalue weighted by molar-refractivity contribution is 7.85. The lowest BCUT2D eigenvalue weighted by atomic mass is 10.1. The number of aliphatic hydroxyl groups excluding tert-OH is 3. The molecule has 0 amide bonds. The van der Waals surface area contributed by atoms with Crippen molar-refractivity contribution < 1.29 is 54.2 Å². The molecular formula is C10H28O12S3. The Kier molecular flexibility index (Phi) is 20.5. The molecule has 0 radical (unpaired) electrons. The standard InChI is InChI=1S/C7H16O3.3CH4O3S/c1-2-3-4-6(9)7(10)5-8;3*1-5(2,3)4/h6-10H,2-5H2,1H3;3*1H3,(H,2,3,4). The molecule has 2 unspecified atom stereocenters. The van der Waals surface area contributed by atoms with E-state index >= 15 is 0 Å². The molecule has 0 aliphatic carbocycles. The van der Waals surface area contributed by atoms with E-state index < -0.39 is 42.6 Å². The van der Waals surface area contributed by atoms with Gasteiger partial charge in [0.25, 0.3) is 30.4 Å². The zero-order valence-corrected chi connectivity index (χ0v) is 16.8. The van der Waals surface area contributed by atoms with E-state index in [-0.39, 0.29) is 6.61 Å². The largest absolute Gasteiger partial charge is 0.394 e. The highest BCUT2D eigenvalue weighted by Crippen LogP contribution is 2.03. The Morgan fingerprint density at radius 2 is 0.960 bits per heavy atom. The first-order chi connectivity index (χ1) is 10.7. The van der Waals surface area contributed by atoms with Gasteiger partial charge in [-0.25, -0.2) is 0 Å². The molecule has 0 aromatic carbocycles. The maximum absolute atomic E-state index is 9.19. The molecule has 15 heteroatoms. The summed E-state index contributed by atoms with van der Waals surface area (Å²) in [4.78, 5) is 0. The van der Waals surface area contributed by atoms with Crippen molar-refractivity contribution >= 4 is 30.4 Å². The second-order valence-electron chi connectivity index (χ2n) is 4.66. The molecule has 0 fully saturated rings. The molecule has 0 rings (SSSR count). The third kappa shape index (κ3) is 119. The third-order valence-corrected chi connectivity index (χ3v) is 1.48. The highest BCUT2D eigenvalue weighted by atomic mass is 32.2. The zero-order valence-electron chi connectivity index (χ0n) is 14.3. The molecule has 0 aromatic heterocycles. The Labute approximate surface area is 148 Å². The van der Waals surface area contributed by atoms with Crippen LogP contribution in [-0.4, -0.2) is 91.8 Å². The van der Waals surface area contributed by atoms with Gasteiger partial charge in [0.2, 0.25) is 0 Å². The average Bonchev–Trinajstić information content (AvgIpc) is 2.28. The quantitative estimate of drug-likeness (QED) is 0.268. The first kappa shape index (κ1) is 32.3. The normalized spacial score (nSPS) is 13.7. The van der Waals surface area contributed by atoms with Crippen LogP contribution in [0.3, 0.4) is 0 Å². The van der Waals surface area contributed by atoms with Gasteiger partial charge in [0, 0.05) is 0 Å². The van der Waals surface area contributed by atoms with Crippen LogP contribution in [0.15, 0.2) is 0 Å². The smallest absolute Gasteiger partial charge is 0.261 e. The second-order valence-corrected chi connectivity index (χ2v) is 9.06. The van der Waals surface area contributed by atoms with Crippen molar-refractivity contribution in [3.63, 3.8) is 0 Å². The number of unbranched alkanes of at least 4 members (excludes halogenated alkanes) is 1. The maximum Gasteiger partial charge on any atom is 0.261 e. The first-order valence-electron chi connectivity index (χ1n) is 6.46. The maximum atomic E-state index is 9.19. The summed E-state index contributed by atoms with van der Waals surface area (Å²) in [7, 11) is -11.0. The van der Waals surface area contributed by atoms with Crippen LogP contribution in [0.5, 0.6) is 0 Å². The Bertz CT molecular complexity index is 498. The minimum absolute atomic E-state index is 0.356. The van der Waals surface area contributed by atoms with Gasteiger partial charge in [-0.15, -0.1) is 0 Å². The number of hydrogen-bond donors (Lipinski definition) is 6. The van der Waals surface area contributed by atoms with Crippen LogP contribution >= 0.6 is 0 Å². The fourth-order valence-corrected chi connectivity index (χ4v) is 0.727. The summed E-state index contributed by atoms with van der Waals surface area (Å²) in [5.41, 5.74) is 0. The van der Waals surface area contributed by atoms with Crippen LogP contribution in [0.25, 0.3) is 0 Å². The molecule has 0 saturated carbocycles. The van der Waals surface area contributed by atoms with Crippen molar-refractivity contribution in [1.82, 2.24) is 0 Å². The van der Waals surface area contributed by atoms with Gasteiger partial charge in [-0.05, 0) is 6.42 Å². The van der Waals surface area contributed by atoms with Gasteiger partial charge < -0.3 is 15.3 Å². The van der Waals surface area contributed by atoms with Gasteiger partial charge in [0.15, 0.2) is 0 Å². The predicted molar refractivity (Wildman–Crippen MR) is 91.0 cm³/mol. The summed E-state index contributed by atoms with van der Waals surface area (Å²) in [6, 6.07) is 0. The van der Waals surface area contributed by atoms with Crippen molar-refractivity contribution in [2.45, 2.75) is 38.4 Å². The SMILES string of the molecule is CCCCC(O)C(O)CO.CS(=O)(=O)O.CS(=O)(=O)O.CS(=O)(=O)O. The Hall–Kier alpha value is -0.390. The molecule has 0 saturated heterocycles. The predicted octanol–water partition coefficient (Wildman–Crippen LogP) is -1.60. The molecular weight excluding hydrogens is 408 g/mol. The lowest BCUT2D eigenvalue weighted by Crippen LogP contribution is -2.28. The number of hydrogen-bond acceptors (Lipinski definition) is 9. The summed E-state index contributed by atoms with van der Waals surface area (Å²) in [5, 5.41) is 26.3. The lowest BCUT2D eigenvalue weighted by molar-refractivity contribution is -0.0183. The average molecular weight is 437 g/mol. The summed E-state index contributed by atoms with van der Waals surface area (Å²) in [6.45, 7) is 1.66. The molecule has 158 valence electrons. The molecule has 0 aliphatic rings. The van der Waals surface area contributed by atoms with Gasteiger partial charge in [0.1, 0.15) is 6.10 Å². The Morgan fingerprint density at radius 3 is 1.12 bits per heavy atom. The monoisotopic (exact) mass is 436 g/mol. The van der Waals surface area contributed by atoms with Crippen molar-refractivity contribution in [3.05, 3.63) is 0 Å². The fourth-order valence-electron chi connectivity index (χ4n) is 0.727. The Morgan fingerprint density at radius 1 is 0.720 bits per heavy atom. The summed E-state index contributed by atoms with van der Waals surface area (Å²) < 4.78 is 77.6. The van der Waals surface area contributed by atoms with Gasteiger partial charge in [0.05, 0.1) is 31.5 Å². The highest BCUT2D eigenvalue weighted by Gasteiger charge is 2.13. The van der Waals surface area contributed by atoms with E-state index in [9.17, 15) is 25.3 Å². The van der Waals surface area contributed by atoms with Crippen LogP contribution < -0.4 is 0 Å². The molecule has 0 aromatic rings. The topological polar surface area (TPSA) is 224 Å². The van der Waals surface area contributed by atoms with E-state index in [1.807, 2.05) is 6.92 Å². The number of aliphatic hydroxyl groups is 3. The summed E-state index contributed by atoms with van der Waals surface area (Å²) >= 11 is 0. The van der Waals surface area contributed by atoms with E-state index in [1.165, 1.54) is 0 Å². The van der Waals surface area contributed by atoms with Crippen LogP contribution in [0, 0.1) is 0 Å². The third-order valence-electron chi connectivity index (χ3n) is 1.48. The molecule has 25 heavy (non-hydrogen) atoms. The van der Waals surface area contributed by atoms with Gasteiger partial charge >= 0.3 is 0 Å². The Balaban J connectivity index is -0.000000126. The van der Waals surface area contributed by atoms with E-state index in [0.717, 1.165) is 12.8 Å². The van der Waals surface area contributed by atoms with Crippen molar-refractivity contribution in [2.75, 3.05) is 25.4 Å². The van der Waals surface area contributed by atoms with Gasteiger partial charge in [-0.3, -0.25) is 13.7 Å². The van der Waals surface area contributed by atoms with Crippen LogP contribution in [0.2, 0.25) is 0 Å². The van der Waals surface area contributed by atoms with Gasteiger partial charge in [-0.2, -0.15) is 25.3 Å². The van der Waals surface area contributed by atoms with Crippen LogP contribution in [-0.2, 0) is 30.4 Å². The second kappa shape index (κ2) is 15.8. The molecule has 0 heterocycles. The van der Waals surface area contributed by atoms with Crippen LogP contribution in [0.1, 0.15) is 26.2 Å². The van der Waals surface area contributed by atoms with Crippen LogP contribution in [0.4, 0.5) is 0 Å². The molecule has 12 nitrogen and oxygen atoms in total. The van der Waals surface area contributed by atoms with Crippen molar-refractivity contribution in [2.24, 2.45) is 0 Å². The fraction of sp³-hybridized carbons (Fsp3) is 1.00. The molecule has 0 bridgehead atoms. The minimum atomic E-state index is -3.67. The summed E-state index contributed by atoms with van der Waals surface area (Å²) in [6.07, 6.45) is 2.87. The lowest BCUT2D eigenvalue weighted by Gasteiger charge is -2.14. The molecule has 0 aliphatic heterocycles. The van der Waals surface area contributed by atoms with E-state index in [4.69, 9.17) is 29.0 Å². The molecule has 0 spiro atoms. The van der Waals surface area contributed by atoms with E-state index in [1.54, 1.807) is 0 Å². The van der Waals surface area contributed by atoms with Gasteiger partial charge in [-0.1, -0.05) is 19.8 Å². The van der Waals surface area contributed by atoms with E-state index in [2.05, 4.69) is 0 Å². The van der Waals surface area contributed by atoms with E-state index in [0.29, 0.717) is 25.2 Å². The number of rotatable bonds is 5.